The highest BCUT2D eigenvalue weighted by atomic mass is 16.3. The van der Waals surface area contributed by atoms with Gasteiger partial charge in [0.15, 0.2) is 11.5 Å². The summed E-state index contributed by atoms with van der Waals surface area (Å²) < 4.78 is 10.1. The first-order valence-electron chi connectivity index (χ1n) is 7.57. The Balaban J connectivity index is 1.45. The number of hydrogen-bond donors (Lipinski definition) is 1. The number of nitrogens with one attached hydrogen (secondary N) is 1. The van der Waals surface area contributed by atoms with Crippen molar-refractivity contribution in [3.63, 3.8) is 0 Å². The van der Waals surface area contributed by atoms with Crippen LogP contribution in [0.25, 0.3) is 0 Å². The summed E-state index contributed by atoms with van der Waals surface area (Å²) in [5, 5.41) is 2.52. The van der Waals surface area contributed by atoms with Crippen LogP contribution >= 0.6 is 0 Å². The summed E-state index contributed by atoms with van der Waals surface area (Å²) in [5.41, 5.74) is 0. The maximum Gasteiger partial charge on any atom is 0.289 e. The zero-order chi connectivity index (χ0) is 16.9. The standard InChI is InChI=1S/C16H17N3O5/c20-14(11-17-15(21)12-3-1-9-23-12)18-5-7-19(8-6-18)16(22)13-4-2-10-24-13/h1-4,9-10H,5-8,11H2,(H,17,21). The number of carbonyl (C=O) groups is 3. The van der Waals surface area contributed by atoms with Gasteiger partial charge in [-0.15, -0.1) is 0 Å². The quantitative estimate of drug-likeness (QED) is 0.884. The second-order valence-electron chi connectivity index (χ2n) is 5.31. The summed E-state index contributed by atoms with van der Waals surface area (Å²) in [5.74, 6) is -0.352. The van der Waals surface area contributed by atoms with Gasteiger partial charge in [0.2, 0.25) is 5.91 Å². The normalized spacial score (nSPS) is 14.5. The molecule has 2 aromatic heterocycles. The number of furan rings is 2. The first kappa shape index (κ1) is 15.9. The third-order valence-corrected chi connectivity index (χ3v) is 3.80. The fourth-order valence-electron chi connectivity index (χ4n) is 2.48. The van der Waals surface area contributed by atoms with Gasteiger partial charge in [0.25, 0.3) is 11.8 Å². The van der Waals surface area contributed by atoms with Gasteiger partial charge in [-0.3, -0.25) is 14.4 Å². The van der Waals surface area contributed by atoms with Crippen LogP contribution in [0.3, 0.4) is 0 Å². The van der Waals surface area contributed by atoms with Crippen molar-refractivity contribution in [1.29, 1.82) is 0 Å². The van der Waals surface area contributed by atoms with Crippen LogP contribution in [0.2, 0.25) is 0 Å². The molecule has 1 aliphatic rings. The van der Waals surface area contributed by atoms with E-state index in [4.69, 9.17) is 8.83 Å². The van der Waals surface area contributed by atoms with Gasteiger partial charge in [0, 0.05) is 26.2 Å². The monoisotopic (exact) mass is 331 g/mol. The van der Waals surface area contributed by atoms with Gasteiger partial charge < -0.3 is 24.0 Å². The van der Waals surface area contributed by atoms with Gasteiger partial charge >= 0.3 is 0 Å². The third kappa shape index (κ3) is 3.48. The molecule has 3 heterocycles. The third-order valence-electron chi connectivity index (χ3n) is 3.80. The average Bonchev–Trinajstić information content (AvgIpc) is 3.32. The molecule has 1 saturated heterocycles. The Hall–Kier alpha value is -3.03. The summed E-state index contributed by atoms with van der Waals surface area (Å²) in [6.45, 7) is 1.59. The van der Waals surface area contributed by atoms with Gasteiger partial charge in [-0.05, 0) is 24.3 Å². The molecule has 0 aromatic carbocycles. The highest BCUT2D eigenvalue weighted by Crippen LogP contribution is 2.09. The minimum absolute atomic E-state index is 0.105. The molecule has 0 aliphatic carbocycles. The van der Waals surface area contributed by atoms with Crippen molar-refractivity contribution >= 4 is 17.7 Å². The smallest absolute Gasteiger partial charge is 0.289 e. The molecule has 0 saturated carbocycles. The average molecular weight is 331 g/mol. The Kier molecular flexibility index (Phi) is 4.64. The summed E-state index contributed by atoms with van der Waals surface area (Å²) in [4.78, 5) is 39.3. The molecule has 126 valence electrons. The summed E-state index contributed by atoms with van der Waals surface area (Å²) in [6, 6.07) is 6.41. The topological polar surface area (TPSA) is 96.0 Å². The SMILES string of the molecule is O=C(NCC(=O)N1CCN(C(=O)c2ccco2)CC1)c1ccco1. The molecular formula is C16H17N3O5. The van der Waals surface area contributed by atoms with Crippen LogP contribution in [0.4, 0.5) is 0 Å². The predicted octanol–water partition coefficient (Wildman–Crippen LogP) is 0.587. The van der Waals surface area contributed by atoms with Crippen molar-refractivity contribution in [3.05, 3.63) is 48.3 Å². The lowest BCUT2D eigenvalue weighted by molar-refractivity contribution is -0.131. The Morgan fingerprint density at radius 1 is 0.917 bits per heavy atom. The van der Waals surface area contributed by atoms with Gasteiger partial charge in [0.05, 0.1) is 19.1 Å². The lowest BCUT2D eigenvalue weighted by Gasteiger charge is -2.34. The molecule has 2 aromatic rings. The molecule has 0 unspecified atom stereocenters. The Labute approximate surface area is 138 Å². The van der Waals surface area contributed by atoms with Crippen molar-refractivity contribution in [3.8, 4) is 0 Å². The van der Waals surface area contributed by atoms with Crippen LogP contribution in [0.1, 0.15) is 21.1 Å². The van der Waals surface area contributed by atoms with Crippen LogP contribution < -0.4 is 5.32 Å². The van der Waals surface area contributed by atoms with Crippen LogP contribution in [-0.2, 0) is 4.79 Å². The minimum Gasteiger partial charge on any atom is -0.459 e. The number of piperazine rings is 1. The van der Waals surface area contributed by atoms with Gasteiger partial charge in [0.1, 0.15) is 0 Å². The second-order valence-corrected chi connectivity index (χ2v) is 5.31. The molecule has 3 amide bonds. The Bertz CT molecular complexity index is 700. The fraction of sp³-hybridized carbons (Fsp3) is 0.312. The van der Waals surface area contributed by atoms with E-state index in [2.05, 4.69) is 5.32 Å². The summed E-state index contributed by atoms with van der Waals surface area (Å²) in [6.07, 6.45) is 2.85. The van der Waals surface area contributed by atoms with Crippen LogP contribution in [0, 0.1) is 0 Å². The Morgan fingerprint density at radius 3 is 2.08 bits per heavy atom. The number of amides is 3. The van der Waals surface area contributed by atoms with Crippen molar-refractivity contribution < 1.29 is 23.2 Å². The molecule has 1 fully saturated rings. The van der Waals surface area contributed by atoms with Crippen molar-refractivity contribution in [1.82, 2.24) is 15.1 Å². The van der Waals surface area contributed by atoms with Gasteiger partial charge in [-0.2, -0.15) is 0 Å². The Morgan fingerprint density at radius 2 is 1.50 bits per heavy atom. The lowest BCUT2D eigenvalue weighted by Crippen LogP contribution is -2.52. The van der Waals surface area contributed by atoms with Gasteiger partial charge in [-0.1, -0.05) is 0 Å². The molecule has 8 heteroatoms. The molecule has 24 heavy (non-hydrogen) atoms. The second kappa shape index (κ2) is 7.03. The molecule has 0 atom stereocenters. The predicted molar refractivity (Wildman–Crippen MR) is 82.2 cm³/mol. The largest absolute Gasteiger partial charge is 0.459 e. The maximum absolute atomic E-state index is 12.1. The van der Waals surface area contributed by atoms with Crippen molar-refractivity contribution in [2.24, 2.45) is 0 Å². The summed E-state index contributed by atoms with van der Waals surface area (Å²) >= 11 is 0. The molecule has 3 rings (SSSR count). The number of carbonyl (C=O) groups excluding carboxylic acids is 3. The molecule has 8 nitrogen and oxygen atoms in total. The lowest BCUT2D eigenvalue weighted by atomic mass is 10.2. The van der Waals surface area contributed by atoms with E-state index < -0.39 is 5.91 Å². The molecule has 1 N–H and O–H groups in total. The van der Waals surface area contributed by atoms with E-state index in [1.807, 2.05) is 0 Å². The summed E-state index contributed by atoms with van der Waals surface area (Å²) in [7, 11) is 0. The highest BCUT2D eigenvalue weighted by molar-refractivity contribution is 5.94. The highest BCUT2D eigenvalue weighted by Gasteiger charge is 2.26. The zero-order valence-electron chi connectivity index (χ0n) is 12.9. The molecule has 0 radical (unpaired) electrons. The van der Waals surface area contributed by atoms with Crippen molar-refractivity contribution in [2.75, 3.05) is 32.7 Å². The minimum atomic E-state index is -0.431. The number of nitrogens with zero attached hydrogens (tertiary/aromatic N) is 2. The van der Waals surface area contributed by atoms with E-state index in [0.717, 1.165) is 0 Å². The number of hydrogen-bond acceptors (Lipinski definition) is 5. The van der Waals surface area contributed by atoms with Crippen LogP contribution in [0.15, 0.2) is 45.6 Å². The van der Waals surface area contributed by atoms with E-state index >= 15 is 0 Å². The first-order chi connectivity index (χ1) is 11.6. The van der Waals surface area contributed by atoms with E-state index in [9.17, 15) is 14.4 Å². The molecule has 0 bridgehead atoms. The zero-order valence-corrected chi connectivity index (χ0v) is 12.9. The first-order valence-corrected chi connectivity index (χ1v) is 7.57. The van der Waals surface area contributed by atoms with E-state index in [0.29, 0.717) is 31.9 Å². The van der Waals surface area contributed by atoms with Crippen LogP contribution in [0.5, 0.6) is 0 Å². The molecule has 0 spiro atoms. The van der Waals surface area contributed by atoms with E-state index in [1.165, 1.54) is 18.6 Å². The molecular weight excluding hydrogens is 314 g/mol. The van der Waals surface area contributed by atoms with Crippen LogP contribution in [-0.4, -0.2) is 60.2 Å². The van der Waals surface area contributed by atoms with E-state index in [-0.39, 0.29) is 24.1 Å². The molecule has 1 aliphatic heterocycles. The van der Waals surface area contributed by atoms with E-state index in [1.54, 1.807) is 28.0 Å². The van der Waals surface area contributed by atoms with Gasteiger partial charge in [-0.25, -0.2) is 0 Å². The number of rotatable bonds is 4. The fourth-order valence-corrected chi connectivity index (χ4v) is 2.48. The maximum atomic E-state index is 12.1. The van der Waals surface area contributed by atoms with Crippen molar-refractivity contribution in [2.45, 2.75) is 0 Å².